The van der Waals surface area contributed by atoms with Crippen LogP contribution in [0.25, 0.3) is 10.8 Å². The van der Waals surface area contributed by atoms with Gasteiger partial charge in [-0.05, 0) is 28.5 Å². The highest BCUT2D eigenvalue weighted by molar-refractivity contribution is 5.91. The van der Waals surface area contributed by atoms with Crippen molar-refractivity contribution in [1.29, 1.82) is 0 Å². The minimum atomic E-state index is -0.859. The molecule has 164 valence electrons. The predicted molar refractivity (Wildman–Crippen MR) is 127 cm³/mol. The van der Waals surface area contributed by atoms with Crippen LogP contribution in [0.3, 0.4) is 0 Å². The average Bonchev–Trinajstić information content (AvgIpc) is 2.83. The van der Waals surface area contributed by atoms with Gasteiger partial charge in [0, 0.05) is 23.6 Å². The van der Waals surface area contributed by atoms with Crippen molar-refractivity contribution in [2.24, 2.45) is 11.8 Å². The Kier molecular flexibility index (Phi) is 5.66. The monoisotopic (exact) mass is 436 g/mol. The first-order valence-electron chi connectivity index (χ1n) is 11.1. The molecule has 4 heteroatoms. The lowest BCUT2D eigenvalue weighted by molar-refractivity contribution is -0.151. The summed E-state index contributed by atoms with van der Waals surface area (Å²) in [6.07, 6.45) is -0.00281. The van der Waals surface area contributed by atoms with E-state index < -0.39 is 11.9 Å². The number of fused-ring (bicyclic) bond motifs is 1. The van der Waals surface area contributed by atoms with Gasteiger partial charge in [-0.1, -0.05) is 97.1 Å². The lowest BCUT2D eigenvalue weighted by atomic mass is 9.51. The molecule has 4 aromatic rings. The topological polar surface area (TPSA) is 63.6 Å². The van der Waals surface area contributed by atoms with Crippen molar-refractivity contribution >= 4 is 22.7 Å². The Bertz CT molecular complexity index is 1230. The van der Waals surface area contributed by atoms with Gasteiger partial charge >= 0.3 is 11.9 Å². The van der Waals surface area contributed by atoms with Crippen molar-refractivity contribution < 1.29 is 19.4 Å². The van der Waals surface area contributed by atoms with Gasteiger partial charge in [0.1, 0.15) is 5.75 Å². The summed E-state index contributed by atoms with van der Waals surface area (Å²) in [4.78, 5) is 25.4. The number of hydrogen-bond acceptors (Lipinski definition) is 3. The molecule has 2 atom stereocenters. The molecule has 1 fully saturated rings. The molecular formula is C29H24O4. The molecule has 0 saturated heterocycles. The third-order valence-corrected chi connectivity index (χ3v) is 6.71. The second-order valence-corrected chi connectivity index (χ2v) is 8.56. The Morgan fingerprint density at radius 1 is 0.697 bits per heavy atom. The minimum absolute atomic E-state index is 0.00281. The van der Waals surface area contributed by atoms with Crippen LogP contribution in [0.15, 0.2) is 103 Å². The SMILES string of the molecule is O=C(O)C[C@H]1[C@@H](c2ccccc2)[C@@H](C(=O)Oc2cccc3ccccc23)[C@@H]1c1ccccc1. The zero-order chi connectivity index (χ0) is 22.8. The maximum absolute atomic E-state index is 13.7. The van der Waals surface area contributed by atoms with Crippen molar-refractivity contribution in [3.63, 3.8) is 0 Å². The molecule has 0 radical (unpaired) electrons. The van der Waals surface area contributed by atoms with Crippen LogP contribution in [0.4, 0.5) is 0 Å². The molecule has 0 aliphatic heterocycles. The van der Waals surface area contributed by atoms with Gasteiger partial charge in [0.2, 0.25) is 0 Å². The third-order valence-electron chi connectivity index (χ3n) is 6.71. The second-order valence-electron chi connectivity index (χ2n) is 8.56. The first kappa shape index (κ1) is 21.0. The van der Waals surface area contributed by atoms with E-state index in [1.165, 1.54) is 0 Å². The van der Waals surface area contributed by atoms with E-state index in [4.69, 9.17) is 4.74 Å². The standard InChI is InChI=1S/C29H24O4/c30-25(31)18-23-26(20-11-3-1-4-12-20)28(27(23)21-13-5-2-6-14-21)29(32)33-24-17-9-15-19-10-7-8-16-22(19)24/h1-17,23,26-28H,18H2,(H,30,31)/t23-,26-,27-,28+/m1/s1. The summed E-state index contributed by atoms with van der Waals surface area (Å²) in [6.45, 7) is 0. The van der Waals surface area contributed by atoms with E-state index in [-0.39, 0.29) is 30.1 Å². The van der Waals surface area contributed by atoms with E-state index in [0.29, 0.717) is 5.75 Å². The van der Waals surface area contributed by atoms with Crippen LogP contribution in [0.5, 0.6) is 5.75 Å². The molecule has 0 heterocycles. The number of carbonyl (C=O) groups excluding carboxylic acids is 1. The normalized spacial score (nSPS) is 21.8. The molecule has 1 aliphatic rings. The van der Waals surface area contributed by atoms with Gasteiger partial charge in [-0.25, -0.2) is 0 Å². The number of benzene rings is 4. The molecule has 0 unspecified atom stereocenters. The molecular weight excluding hydrogens is 412 g/mol. The number of rotatable bonds is 6. The summed E-state index contributed by atoms with van der Waals surface area (Å²) < 4.78 is 6.00. The smallest absolute Gasteiger partial charge is 0.315 e. The van der Waals surface area contributed by atoms with E-state index in [9.17, 15) is 14.7 Å². The Hall–Kier alpha value is -3.92. The quantitative estimate of drug-likeness (QED) is 0.296. The van der Waals surface area contributed by atoms with E-state index in [1.807, 2.05) is 103 Å². The van der Waals surface area contributed by atoms with Gasteiger partial charge in [0.25, 0.3) is 0 Å². The van der Waals surface area contributed by atoms with E-state index in [1.54, 1.807) is 0 Å². The van der Waals surface area contributed by atoms with Gasteiger partial charge in [0.05, 0.1) is 5.92 Å². The molecule has 1 aliphatic carbocycles. The lowest BCUT2D eigenvalue weighted by Crippen LogP contribution is -2.49. The fourth-order valence-corrected chi connectivity index (χ4v) is 5.30. The van der Waals surface area contributed by atoms with E-state index >= 15 is 0 Å². The summed E-state index contributed by atoms with van der Waals surface area (Å²) in [5, 5.41) is 11.5. The minimum Gasteiger partial charge on any atom is -0.481 e. The van der Waals surface area contributed by atoms with Crippen molar-refractivity contribution in [2.75, 3.05) is 0 Å². The van der Waals surface area contributed by atoms with Crippen LogP contribution < -0.4 is 4.74 Å². The van der Waals surface area contributed by atoms with Crippen molar-refractivity contribution in [2.45, 2.75) is 18.3 Å². The molecule has 5 rings (SSSR count). The average molecular weight is 437 g/mol. The van der Waals surface area contributed by atoms with Crippen LogP contribution >= 0.6 is 0 Å². The Morgan fingerprint density at radius 2 is 1.24 bits per heavy atom. The predicted octanol–water partition coefficient (Wildman–Crippen LogP) is 6.03. The first-order valence-corrected chi connectivity index (χ1v) is 11.1. The summed E-state index contributed by atoms with van der Waals surface area (Å²) in [7, 11) is 0. The fraction of sp³-hybridized carbons (Fsp3) is 0.172. The van der Waals surface area contributed by atoms with Gasteiger partial charge in [0.15, 0.2) is 0 Å². The highest BCUT2D eigenvalue weighted by Gasteiger charge is 2.56. The number of carbonyl (C=O) groups is 2. The van der Waals surface area contributed by atoms with Crippen LogP contribution in [-0.2, 0) is 9.59 Å². The van der Waals surface area contributed by atoms with Crippen LogP contribution in [0.1, 0.15) is 29.4 Å². The Labute approximate surface area is 192 Å². The van der Waals surface area contributed by atoms with Crippen LogP contribution in [0.2, 0.25) is 0 Å². The fourth-order valence-electron chi connectivity index (χ4n) is 5.30. The Balaban J connectivity index is 1.55. The number of hydrogen-bond donors (Lipinski definition) is 1. The molecule has 4 aromatic carbocycles. The molecule has 0 bridgehead atoms. The molecule has 1 N–H and O–H groups in total. The largest absolute Gasteiger partial charge is 0.481 e. The lowest BCUT2D eigenvalue weighted by Gasteiger charge is -2.51. The highest BCUT2D eigenvalue weighted by Crippen LogP contribution is 2.59. The zero-order valence-electron chi connectivity index (χ0n) is 18.0. The summed E-state index contributed by atoms with van der Waals surface area (Å²) >= 11 is 0. The summed E-state index contributed by atoms with van der Waals surface area (Å²) in [5.74, 6) is -1.78. The number of carboxylic acids is 1. The van der Waals surface area contributed by atoms with E-state index in [2.05, 4.69) is 0 Å². The van der Waals surface area contributed by atoms with Gasteiger partial charge < -0.3 is 9.84 Å². The summed E-state index contributed by atoms with van der Waals surface area (Å²) in [6, 6.07) is 32.9. The molecule has 0 aromatic heterocycles. The Morgan fingerprint density at radius 3 is 1.85 bits per heavy atom. The maximum atomic E-state index is 13.7. The zero-order valence-corrected chi connectivity index (χ0v) is 18.0. The van der Waals surface area contributed by atoms with E-state index in [0.717, 1.165) is 21.9 Å². The third kappa shape index (κ3) is 4.00. The maximum Gasteiger partial charge on any atom is 0.315 e. The number of esters is 1. The molecule has 4 nitrogen and oxygen atoms in total. The number of ether oxygens (including phenoxy) is 1. The molecule has 0 amide bonds. The van der Waals surface area contributed by atoms with Gasteiger partial charge in [-0.3, -0.25) is 9.59 Å². The van der Waals surface area contributed by atoms with Crippen molar-refractivity contribution in [1.82, 2.24) is 0 Å². The molecule has 1 saturated carbocycles. The molecule has 0 spiro atoms. The van der Waals surface area contributed by atoms with Crippen molar-refractivity contribution in [3.05, 3.63) is 114 Å². The van der Waals surface area contributed by atoms with Gasteiger partial charge in [-0.15, -0.1) is 0 Å². The molecule has 33 heavy (non-hydrogen) atoms. The second kappa shape index (κ2) is 8.91. The number of aliphatic carboxylic acids is 1. The van der Waals surface area contributed by atoms with Gasteiger partial charge in [-0.2, -0.15) is 0 Å². The summed E-state index contributed by atoms with van der Waals surface area (Å²) in [5.41, 5.74) is 1.94. The first-order chi connectivity index (χ1) is 16.1. The van der Waals surface area contributed by atoms with Crippen molar-refractivity contribution in [3.8, 4) is 5.75 Å². The van der Waals surface area contributed by atoms with Crippen LogP contribution in [0, 0.1) is 11.8 Å². The van der Waals surface area contributed by atoms with Crippen LogP contribution in [-0.4, -0.2) is 17.0 Å². The number of carboxylic acid groups (broad SMARTS) is 1. The highest BCUT2D eigenvalue weighted by atomic mass is 16.5.